The maximum Gasteiger partial charge on any atom is 0.430 e. The van der Waals surface area contributed by atoms with Gasteiger partial charge in [-0.15, -0.1) is 0 Å². The first kappa shape index (κ1) is 23.4. The number of amides is 1. The minimum absolute atomic E-state index is 0.0558. The Balaban J connectivity index is 0.000000516. The number of aliphatic carboxylic acids is 2. The molecule has 0 aliphatic heterocycles. The zero-order valence-corrected chi connectivity index (χ0v) is 15.0. The Morgan fingerprint density at radius 3 is 2.28 bits per heavy atom. The van der Waals surface area contributed by atoms with Crippen molar-refractivity contribution in [2.24, 2.45) is 0 Å². The predicted octanol–water partition coefficient (Wildman–Crippen LogP) is -0.896. The number of halogens is 3. The lowest BCUT2D eigenvalue weighted by atomic mass is 10.2. The van der Waals surface area contributed by atoms with Gasteiger partial charge in [0.2, 0.25) is 0 Å². The second kappa shape index (κ2) is 10.6. The molecule has 0 fully saturated rings. The van der Waals surface area contributed by atoms with E-state index in [9.17, 15) is 22.8 Å². The van der Waals surface area contributed by atoms with E-state index in [2.05, 4.69) is 20.4 Å². The first-order valence-corrected chi connectivity index (χ1v) is 7.98. The van der Waals surface area contributed by atoms with Crippen LogP contribution in [0.4, 0.5) is 13.2 Å². The number of rotatable bonds is 6. The van der Waals surface area contributed by atoms with Crippen LogP contribution >= 0.6 is 0 Å². The summed E-state index contributed by atoms with van der Waals surface area (Å²) in [5.41, 5.74) is 0.731. The van der Waals surface area contributed by atoms with E-state index in [1.54, 1.807) is 43.8 Å². The number of nitrogens with zero attached hydrogens (tertiary/aromatic N) is 4. The summed E-state index contributed by atoms with van der Waals surface area (Å²) >= 11 is 0. The van der Waals surface area contributed by atoms with Crippen LogP contribution in [0.15, 0.2) is 36.9 Å². The largest absolute Gasteiger partial charge is 0.542 e. The second-order valence-corrected chi connectivity index (χ2v) is 5.34. The fourth-order valence-corrected chi connectivity index (χ4v) is 1.78. The molecular formula is C16H16F3N5O5. The van der Waals surface area contributed by atoms with Crippen LogP contribution in [-0.2, 0) is 20.9 Å². The molecule has 0 aliphatic rings. The summed E-state index contributed by atoms with van der Waals surface area (Å²) in [5.74, 6) is -3.92. The van der Waals surface area contributed by atoms with Gasteiger partial charge in [-0.25, -0.2) is 14.8 Å². The number of carbonyl (C=O) groups is 3. The molecule has 10 nitrogen and oxygen atoms in total. The minimum Gasteiger partial charge on any atom is -0.542 e. The van der Waals surface area contributed by atoms with E-state index in [-0.39, 0.29) is 6.54 Å². The fraction of sp³-hybridized carbons (Fsp3) is 0.312. The van der Waals surface area contributed by atoms with E-state index in [0.29, 0.717) is 12.2 Å². The van der Waals surface area contributed by atoms with Gasteiger partial charge in [-0.2, -0.15) is 13.2 Å². The summed E-state index contributed by atoms with van der Waals surface area (Å²) < 4.78 is 33.0. The summed E-state index contributed by atoms with van der Waals surface area (Å²) in [6.45, 7) is 1.64. The van der Waals surface area contributed by atoms with E-state index >= 15 is 0 Å². The van der Waals surface area contributed by atoms with Gasteiger partial charge in [0, 0.05) is 24.0 Å². The smallest absolute Gasteiger partial charge is 0.430 e. The van der Waals surface area contributed by atoms with Gasteiger partial charge in [0.15, 0.2) is 12.0 Å². The number of carbonyl (C=O) groups excluding carboxylic acids is 2. The van der Waals surface area contributed by atoms with Gasteiger partial charge in [0.1, 0.15) is 18.2 Å². The summed E-state index contributed by atoms with van der Waals surface area (Å²) in [7, 11) is 0. The van der Waals surface area contributed by atoms with Gasteiger partial charge < -0.3 is 20.3 Å². The van der Waals surface area contributed by atoms with E-state index in [0.717, 1.165) is 5.56 Å². The normalized spacial score (nSPS) is 11.6. The van der Waals surface area contributed by atoms with Crippen molar-refractivity contribution in [1.82, 2.24) is 20.4 Å². The molecule has 1 atom stereocenters. The molecule has 2 heterocycles. The topological polar surface area (TPSA) is 149 Å². The summed E-state index contributed by atoms with van der Waals surface area (Å²) in [6.07, 6.45) is 1.56. The highest BCUT2D eigenvalue weighted by molar-refractivity contribution is 5.82. The van der Waals surface area contributed by atoms with Crippen LogP contribution < -0.4 is 15.1 Å². The monoisotopic (exact) mass is 415 g/mol. The van der Waals surface area contributed by atoms with Crippen molar-refractivity contribution >= 4 is 17.8 Å². The molecular weight excluding hydrogens is 399 g/mol. The molecule has 1 amide bonds. The van der Waals surface area contributed by atoms with Crippen molar-refractivity contribution in [3.63, 3.8) is 0 Å². The summed E-state index contributed by atoms with van der Waals surface area (Å²) in [4.78, 5) is 39.6. The highest BCUT2D eigenvalue weighted by Gasteiger charge is 2.28. The number of hydrogen-bond acceptors (Lipinski definition) is 7. The molecule has 2 aromatic heterocycles. The molecule has 0 aliphatic carbocycles. The molecule has 0 saturated carbocycles. The molecule has 0 bridgehead atoms. The van der Waals surface area contributed by atoms with Gasteiger partial charge >= 0.3 is 12.1 Å². The molecule has 2 aromatic rings. The summed E-state index contributed by atoms with van der Waals surface area (Å²) in [6, 6.07) is 2.58. The fourth-order valence-electron chi connectivity index (χ4n) is 1.78. The van der Waals surface area contributed by atoms with Crippen molar-refractivity contribution in [3.05, 3.63) is 36.9 Å². The molecule has 0 saturated heterocycles. The van der Waals surface area contributed by atoms with Crippen LogP contribution in [-0.4, -0.2) is 50.2 Å². The molecule has 1 unspecified atom stereocenters. The number of hydrogen-bond donors (Lipinski definition) is 2. The standard InChI is InChI=1S/C14H15N5O3.C2HF3O2/c1-2-11(14(21)22)18-12(20)9-19-7-4-10(8-17-19)13-15-5-3-6-16-13;3-2(4,5)1(6)7/h3-8,11H,2,9H2,1H3,(H-,18,20,21,22);(H,6,7). The lowest BCUT2D eigenvalue weighted by Gasteiger charge is -2.09. The number of alkyl halides is 3. The van der Waals surface area contributed by atoms with E-state index < -0.39 is 30.1 Å². The molecule has 2 rings (SSSR count). The number of carboxylic acids is 2. The van der Waals surface area contributed by atoms with Gasteiger partial charge in [-0.1, -0.05) is 11.6 Å². The van der Waals surface area contributed by atoms with E-state index in [1.165, 1.54) is 4.68 Å². The molecule has 156 valence electrons. The Morgan fingerprint density at radius 2 is 1.86 bits per heavy atom. The third kappa shape index (κ3) is 8.28. The van der Waals surface area contributed by atoms with Gasteiger partial charge in [0.25, 0.3) is 12.5 Å². The van der Waals surface area contributed by atoms with Crippen molar-refractivity contribution in [3.8, 4) is 11.4 Å². The van der Waals surface area contributed by atoms with Crippen molar-refractivity contribution in [2.75, 3.05) is 0 Å². The second-order valence-electron chi connectivity index (χ2n) is 5.34. The minimum atomic E-state index is -5.19. The van der Waals surface area contributed by atoms with Gasteiger partial charge in [0.05, 0.1) is 0 Å². The van der Waals surface area contributed by atoms with E-state index in [4.69, 9.17) is 15.0 Å². The highest BCUT2D eigenvalue weighted by Crippen LogP contribution is 2.11. The Labute approximate surface area is 162 Å². The zero-order chi connectivity index (χ0) is 22.0. The van der Waals surface area contributed by atoms with Crippen molar-refractivity contribution in [1.29, 1.82) is 0 Å². The highest BCUT2D eigenvalue weighted by atomic mass is 19.4. The van der Waals surface area contributed by atoms with Crippen LogP contribution in [0.1, 0.15) is 13.3 Å². The first-order valence-electron chi connectivity index (χ1n) is 7.98. The number of nitrogens with one attached hydrogen (secondary N) is 1. The molecule has 29 heavy (non-hydrogen) atoms. The first-order chi connectivity index (χ1) is 13.5. The van der Waals surface area contributed by atoms with Crippen LogP contribution in [0.2, 0.25) is 0 Å². The third-order valence-corrected chi connectivity index (χ3v) is 3.17. The molecule has 2 N–H and O–H groups in total. The van der Waals surface area contributed by atoms with E-state index in [1.807, 2.05) is 0 Å². The number of carboxylic acid groups (broad SMARTS) is 2. The average Bonchev–Trinajstić information content (AvgIpc) is 2.67. The maximum atomic E-state index is 11.8. The zero-order valence-electron chi connectivity index (χ0n) is 15.0. The molecule has 0 aromatic carbocycles. The Kier molecular flexibility index (Phi) is 8.58. The lowest BCUT2D eigenvalue weighted by Crippen LogP contribution is -2.49. The quantitative estimate of drug-likeness (QED) is 0.577. The average molecular weight is 415 g/mol. The summed E-state index contributed by atoms with van der Waals surface area (Å²) in [5, 5.41) is 24.2. The van der Waals surface area contributed by atoms with Crippen LogP contribution in [0.3, 0.4) is 0 Å². The Bertz CT molecular complexity index is 831. The molecule has 13 heteroatoms. The third-order valence-electron chi connectivity index (χ3n) is 3.17. The SMILES string of the molecule is CCC(NC(=O)C[n+]1ccc(-c2ncccn2)cn1)C(=O)O.O=C([O-])C(F)(F)F. The van der Waals surface area contributed by atoms with Crippen LogP contribution in [0.25, 0.3) is 11.4 Å². The van der Waals surface area contributed by atoms with Crippen LogP contribution in [0, 0.1) is 0 Å². The van der Waals surface area contributed by atoms with Crippen molar-refractivity contribution < 1.29 is 42.4 Å². The maximum absolute atomic E-state index is 11.8. The lowest BCUT2D eigenvalue weighted by molar-refractivity contribution is -0.742. The number of aromatic nitrogens is 4. The van der Waals surface area contributed by atoms with Crippen LogP contribution in [0.5, 0.6) is 0 Å². The Morgan fingerprint density at radius 1 is 1.28 bits per heavy atom. The van der Waals surface area contributed by atoms with Crippen molar-refractivity contribution in [2.45, 2.75) is 32.1 Å². The molecule has 0 radical (unpaired) electrons. The van der Waals surface area contributed by atoms with Gasteiger partial charge in [-0.3, -0.25) is 4.79 Å². The predicted molar refractivity (Wildman–Crippen MR) is 86.4 cm³/mol. The molecule has 0 spiro atoms. The Hall–Kier alpha value is -3.64. The van der Waals surface area contributed by atoms with Gasteiger partial charge in [-0.05, 0) is 17.6 Å².